The van der Waals surface area contributed by atoms with Crippen molar-refractivity contribution in [3.63, 3.8) is 0 Å². The van der Waals surface area contributed by atoms with Gasteiger partial charge in [-0.3, -0.25) is 9.46 Å². The van der Waals surface area contributed by atoms with Crippen LogP contribution in [0.2, 0.25) is 0 Å². The van der Waals surface area contributed by atoms with E-state index >= 15 is 0 Å². The van der Waals surface area contributed by atoms with E-state index in [-0.39, 0.29) is 0 Å². The van der Waals surface area contributed by atoms with Gasteiger partial charge in [0, 0.05) is 12.4 Å². The van der Waals surface area contributed by atoms with Gasteiger partial charge in [-0.25, -0.2) is 0 Å². The predicted octanol–water partition coefficient (Wildman–Crippen LogP) is 3.64. The Labute approximate surface area is 111 Å². The Morgan fingerprint density at radius 1 is 1.17 bits per heavy atom. The molecule has 0 unspecified atom stereocenters. The fourth-order valence-electron chi connectivity index (χ4n) is 2.25. The third-order valence-corrected chi connectivity index (χ3v) is 4.91. The van der Waals surface area contributed by atoms with E-state index in [0.29, 0.717) is 13.2 Å². The van der Waals surface area contributed by atoms with Gasteiger partial charge in [-0.2, -0.15) is 0 Å². The highest BCUT2D eigenvalue weighted by Gasteiger charge is 2.21. The summed E-state index contributed by atoms with van der Waals surface area (Å²) in [6, 6.07) is 0. The maximum absolute atomic E-state index is 12.3. The molecule has 0 spiro atoms. The number of likely N-dealkylation sites (tertiary alicyclic amines) is 1. The Morgan fingerprint density at radius 2 is 1.72 bits per heavy atom. The maximum Gasteiger partial charge on any atom is 0.354 e. The van der Waals surface area contributed by atoms with Gasteiger partial charge in [0.25, 0.3) is 0 Å². The molecule has 0 bridgehead atoms. The largest absolute Gasteiger partial charge is 0.354 e. The summed E-state index contributed by atoms with van der Waals surface area (Å²) in [5.74, 6) is 1.69. The second-order valence-corrected chi connectivity index (χ2v) is 6.54. The lowest BCUT2D eigenvalue weighted by molar-refractivity contribution is 0.227. The molecule has 1 heterocycles. The van der Waals surface area contributed by atoms with E-state index in [1.54, 1.807) is 5.82 Å². The standard InChI is InChI=1S/C13H26NO3P/c1-4-16-18(15,17-5-2)12-13(3)11-14-9-7-6-8-10-14/h12H,4-11H2,1-3H3. The second kappa shape index (κ2) is 8.11. The van der Waals surface area contributed by atoms with Gasteiger partial charge in [-0.1, -0.05) is 12.0 Å². The van der Waals surface area contributed by atoms with E-state index in [1.807, 2.05) is 20.8 Å². The van der Waals surface area contributed by atoms with Crippen molar-refractivity contribution in [2.24, 2.45) is 0 Å². The van der Waals surface area contributed by atoms with Crippen molar-refractivity contribution in [2.45, 2.75) is 40.0 Å². The van der Waals surface area contributed by atoms with Crippen LogP contribution < -0.4 is 0 Å². The molecule has 0 aromatic rings. The summed E-state index contributed by atoms with van der Waals surface area (Å²) in [5, 5.41) is 0. The number of rotatable bonds is 7. The Morgan fingerprint density at radius 3 is 2.22 bits per heavy atom. The first-order valence-corrected chi connectivity index (χ1v) is 8.50. The molecule has 0 N–H and O–H groups in total. The second-order valence-electron chi connectivity index (χ2n) is 4.69. The summed E-state index contributed by atoms with van der Waals surface area (Å²) < 4.78 is 22.9. The molecule has 0 aliphatic carbocycles. The van der Waals surface area contributed by atoms with Crippen LogP contribution in [0.4, 0.5) is 0 Å². The van der Waals surface area contributed by atoms with Crippen molar-refractivity contribution in [1.82, 2.24) is 4.90 Å². The third kappa shape index (κ3) is 5.66. The number of nitrogens with zero attached hydrogens (tertiary/aromatic N) is 1. The van der Waals surface area contributed by atoms with Gasteiger partial charge in [0.1, 0.15) is 0 Å². The zero-order valence-electron chi connectivity index (χ0n) is 11.9. The highest BCUT2D eigenvalue weighted by atomic mass is 31.2. The molecule has 18 heavy (non-hydrogen) atoms. The molecule has 1 aliphatic rings. The van der Waals surface area contributed by atoms with Crippen LogP contribution in [0.5, 0.6) is 0 Å². The number of piperidine rings is 1. The molecule has 4 nitrogen and oxygen atoms in total. The summed E-state index contributed by atoms with van der Waals surface area (Å²) in [6.45, 7) is 9.62. The van der Waals surface area contributed by atoms with E-state index in [1.165, 1.54) is 19.3 Å². The van der Waals surface area contributed by atoms with E-state index in [4.69, 9.17) is 9.05 Å². The van der Waals surface area contributed by atoms with E-state index in [2.05, 4.69) is 4.90 Å². The molecule has 0 atom stereocenters. The third-order valence-electron chi connectivity index (χ3n) is 2.92. The minimum atomic E-state index is -3.03. The minimum absolute atomic E-state index is 0.408. The number of hydrogen-bond acceptors (Lipinski definition) is 4. The minimum Gasteiger partial charge on any atom is -0.306 e. The predicted molar refractivity (Wildman–Crippen MR) is 74.9 cm³/mol. The van der Waals surface area contributed by atoms with Gasteiger partial charge < -0.3 is 9.05 Å². The molecule has 1 saturated heterocycles. The molecule has 5 heteroatoms. The van der Waals surface area contributed by atoms with Gasteiger partial charge in [-0.05, 0) is 46.7 Å². The first-order chi connectivity index (χ1) is 8.59. The van der Waals surface area contributed by atoms with E-state index in [9.17, 15) is 4.57 Å². The highest BCUT2D eigenvalue weighted by molar-refractivity contribution is 7.57. The van der Waals surface area contributed by atoms with E-state index in [0.717, 1.165) is 25.2 Å². The Kier molecular flexibility index (Phi) is 7.16. The van der Waals surface area contributed by atoms with Crippen molar-refractivity contribution in [3.8, 4) is 0 Å². The van der Waals surface area contributed by atoms with Gasteiger partial charge >= 0.3 is 7.60 Å². The Bertz CT molecular complexity index is 301. The van der Waals surface area contributed by atoms with E-state index < -0.39 is 7.60 Å². The monoisotopic (exact) mass is 275 g/mol. The molecule has 1 fully saturated rings. The highest BCUT2D eigenvalue weighted by Crippen LogP contribution is 2.50. The lowest BCUT2D eigenvalue weighted by Gasteiger charge is -2.27. The van der Waals surface area contributed by atoms with Gasteiger partial charge in [0.15, 0.2) is 0 Å². The molecule has 1 aliphatic heterocycles. The Balaban J connectivity index is 2.57. The van der Waals surface area contributed by atoms with Crippen molar-refractivity contribution >= 4 is 7.60 Å². The lowest BCUT2D eigenvalue weighted by Crippen LogP contribution is -2.31. The average Bonchev–Trinajstić information content (AvgIpc) is 2.30. The van der Waals surface area contributed by atoms with Crippen molar-refractivity contribution < 1.29 is 13.6 Å². The van der Waals surface area contributed by atoms with Crippen molar-refractivity contribution in [2.75, 3.05) is 32.8 Å². The normalized spacial score (nSPS) is 19.2. The summed E-state index contributed by atoms with van der Waals surface area (Å²) >= 11 is 0. The zero-order chi connectivity index (χ0) is 13.4. The maximum atomic E-state index is 12.3. The van der Waals surface area contributed by atoms with Crippen LogP contribution in [0.25, 0.3) is 0 Å². The molecule has 0 amide bonds. The summed E-state index contributed by atoms with van der Waals surface area (Å²) in [7, 11) is -3.03. The van der Waals surface area contributed by atoms with Crippen LogP contribution in [0.15, 0.2) is 11.4 Å². The van der Waals surface area contributed by atoms with Crippen LogP contribution in [0, 0.1) is 0 Å². The smallest absolute Gasteiger partial charge is 0.306 e. The van der Waals surface area contributed by atoms with Crippen LogP contribution in [-0.2, 0) is 13.6 Å². The first kappa shape index (κ1) is 15.9. The summed E-state index contributed by atoms with van der Waals surface area (Å²) in [6.07, 6.45) is 3.86. The summed E-state index contributed by atoms with van der Waals surface area (Å²) in [5.41, 5.74) is 1.07. The summed E-state index contributed by atoms with van der Waals surface area (Å²) in [4.78, 5) is 2.40. The molecular weight excluding hydrogens is 249 g/mol. The molecule has 106 valence electrons. The van der Waals surface area contributed by atoms with Crippen LogP contribution in [-0.4, -0.2) is 37.7 Å². The first-order valence-electron chi connectivity index (χ1n) is 6.89. The molecule has 0 saturated carbocycles. The molecule has 0 aromatic heterocycles. The average molecular weight is 275 g/mol. The fourth-order valence-corrected chi connectivity index (χ4v) is 3.82. The molecule has 0 aromatic carbocycles. The number of hydrogen-bond donors (Lipinski definition) is 0. The van der Waals surface area contributed by atoms with Crippen LogP contribution >= 0.6 is 7.60 Å². The zero-order valence-corrected chi connectivity index (χ0v) is 12.7. The van der Waals surface area contributed by atoms with Crippen LogP contribution in [0.1, 0.15) is 40.0 Å². The van der Waals surface area contributed by atoms with Crippen molar-refractivity contribution in [3.05, 3.63) is 11.4 Å². The Hall–Kier alpha value is -0.150. The van der Waals surface area contributed by atoms with Crippen LogP contribution in [0.3, 0.4) is 0 Å². The topological polar surface area (TPSA) is 38.8 Å². The molecular formula is C13H26NO3P. The lowest BCUT2D eigenvalue weighted by atomic mass is 10.1. The van der Waals surface area contributed by atoms with Gasteiger partial charge in [0.05, 0.1) is 13.2 Å². The van der Waals surface area contributed by atoms with Gasteiger partial charge in [0.2, 0.25) is 0 Å². The molecule has 0 radical (unpaired) electrons. The quantitative estimate of drug-likeness (QED) is 0.665. The molecule has 1 rings (SSSR count). The van der Waals surface area contributed by atoms with Crippen molar-refractivity contribution in [1.29, 1.82) is 0 Å². The fraction of sp³-hybridized carbons (Fsp3) is 0.846. The van der Waals surface area contributed by atoms with Gasteiger partial charge in [-0.15, -0.1) is 0 Å². The SMILES string of the molecule is CCOP(=O)(C=C(C)CN1CCCCC1)OCC.